The minimum atomic E-state index is -0.105. The first-order valence-electron chi connectivity index (χ1n) is 7.97. The van der Waals surface area contributed by atoms with E-state index in [0.717, 1.165) is 19.4 Å². The van der Waals surface area contributed by atoms with Crippen molar-refractivity contribution in [3.8, 4) is 0 Å². The smallest absolute Gasteiger partial charge is 0.237 e. The lowest BCUT2D eigenvalue weighted by atomic mass is 9.95. The van der Waals surface area contributed by atoms with Crippen LogP contribution in [0.5, 0.6) is 0 Å². The molecule has 1 saturated carbocycles. The summed E-state index contributed by atoms with van der Waals surface area (Å²) in [6.45, 7) is 0.779. The van der Waals surface area contributed by atoms with Gasteiger partial charge in [0.2, 0.25) is 5.91 Å². The SMILES string of the molecule is O=C(NC1CC1c1ccccc1)C1Cc2ccccc2CN1. The second-order valence-corrected chi connectivity index (χ2v) is 6.27. The van der Waals surface area contributed by atoms with Crippen molar-refractivity contribution in [1.82, 2.24) is 10.6 Å². The highest BCUT2D eigenvalue weighted by Gasteiger charge is 2.40. The zero-order chi connectivity index (χ0) is 14.9. The quantitative estimate of drug-likeness (QED) is 0.912. The number of carbonyl (C=O) groups excluding carboxylic acids is 1. The van der Waals surface area contributed by atoms with Crippen LogP contribution < -0.4 is 10.6 Å². The average molecular weight is 292 g/mol. The van der Waals surface area contributed by atoms with Gasteiger partial charge < -0.3 is 10.6 Å². The number of rotatable bonds is 3. The van der Waals surface area contributed by atoms with Crippen molar-refractivity contribution < 1.29 is 4.79 Å². The lowest BCUT2D eigenvalue weighted by Gasteiger charge is -2.25. The summed E-state index contributed by atoms with van der Waals surface area (Å²) in [5.74, 6) is 0.624. The van der Waals surface area contributed by atoms with Crippen LogP contribution in [-0.4, -0.2) is 18.0 Å². The molecule has 2 aliphatic rings. The highest BCUT2D eigenvalue weighted by atomic mass is 16.2. The molecule has 1 amide bonds. The fourth-order valence-electron chi connectivity index (χ4n) is 3.35. The maximum absolute atomic E-state index is 12.5. The third kappa shape index (κ3) is 2.64. The van der Waals surface area contributed by atoms with E-state index in [0.29, 0.717) is 12.0 Å². The lowest BCUT2D eigenvalue weighted by Crippen LogP contribution is -2.48. The molecule has 0 bridgehead atoms. The molecule has 0 aromatic heterocycles. The van der Waals surface area contributed by atoms with Gasteiger partial charge in [-0.25, -0.2) is 0 Å². The molecular weight excluding hydrogens is 272 g/mol. The Morgan fingerprint density at radius 2 is 1.73 bits per heavy atom. The molecule has 0 spiro atoms. The molecule has 3 nitrogen and oxygen atoms in total. The Labute approximate surface area is 130 Å². The van der Waals surface area contributed by atoms with E-state index in [-0.39, 0.29) is 11.9 Å². The van der Waals surface area contributed by atoms with Crippen LogP contribution >= 0.6 is 0 Å². The molecule has 3 atom stereocenters. The topological polar surface area (TPSA) is 41.1 Å². The van der Waals surface area contributed by atoms with Gasteiger partial charge in [0.05, 0.1) is 6.04 Å². The molecular formula is C19H20N2O. The van der Waals surface area contributed by atoms with Crippen molar-refractivity contribution in [2.45, 2.75) is 37.4 Å². The number of nitrogens with one attached hydrogen (secondary N) is 2. The molecule has 0 saturated heterocycles. The van der Waals surface area contributed by atoms with Crippen LogP contribution in [0, 0.1) is 0 Å². The van der Waals surface area contributed by atoms with Crippen LogP contribution in [0.1, 0.15) is 29.0 Å². The molecule has 2 aromatic carbocycles. The normalized spacial score (nSPS) is 26.1. The minimum Gasteiger partial charge on any atom is -0.351 e. The third-order valence-electron chi connectivity index (χ3n) is 4.74. The monoisotopic (exact) mass is 292 g/mol. The van der Waals surface area contributed by atoms with E-state index in [9.17, 15) is 4.79 Å². The van der Waals surface area contributed by atoms with E-state index < -0.39 is 0 Å². The van der Waals surface area contributed by atoms with Crippen molar-refractivity contribution in [2.75, 3.05) is 0 Å². The molecule has 1 fully saturated rings. The fraction of sp³-hybridized carbons (Fsp3) is 0.316. The summed E-state index contributed by atoms with van der Waals surface area (Å²) in [6, 6.07) is 19.0. The van der Waals surface area contributed by atoms with Crippen molar-refractivity contribution in [2.24, 2.45) is 0 Å². The van der Waals surface area contributed by atoms with E-state index in [1.165, 1.54) is 16.7 Å². The first-order chi connectivity index (χ1) is 10.8. The van der Waals surface area contributed by atoms with E-state index in [2.05, 4.69) is 53.1 Å². The maximum Gasteiger partial charge on any atom is 0.237 e. The molecule has 3 unspecified atom stereocenters. The third-order valence-corrected chi connectivity index (χ3v) is 4.74. The minimum absolute atomic E-state index is 0.105. The van der Waals surface area contributed by atoms with Gasteiger partial charge in [-0.2, -0.15) is 0 Å². The van der Waals surface area contributed by atoms with Crippen molar-refractivity contribution >= 4 is 5.91 Å². The largest absolute Gasteiger partial charge is 0.351 e. The molecule has 2 aromatic rings. The predicted molar refractivity (Wildman–Crippen MR) is 86.5 cm³/mol. The maximum atomic E-state index is 12.5. The molecule has 1 heterocycles. The van der Waals surface area contributed by atoms with Crippen molar-refractivity contribution in [3.05, 3.63) is 71.3 Å². The first kappa shape index (κ1) is 13.5. The Morgan fingerprint density at radius 3 is 2.55 bits per heavy atom. The Bertz CT molecular complexity index is 683. The number of carbonyl (C=O) groups is 1. The number of hydrogen-bond acceptors (Lipinski definition) is 2. The summed E-state index contributed by atoms with van der Waals surface area (Å²) in [6.07, 6.45) is 1.84. The van der Waals surface area contributed by atoms with E-state index >= 15 is 0 Å². The highest BCUT2D eigenvalue weighted by molar-refractivity contribution is 5.83. The van der Waals surface area contributed by atoms with Crippen LogP contribution in [0.15, 0.2) is 54.6 Å². The fourth-order valence-corrected chi connectivity index (χ4v) is 3.35. The van der Waals surface area contributed by atoms with Crippen LogP contribution in [-0.2, 0) is 17.8 Å². The highest BCUT2D eigenvalue weighted by Crippen LogP contribution is 2.40. The second-order valence-electron chi connectivity index (χ2n) is 6.27. The van der Waals surface area contributed by atoms with E-state index in [1.54, 1.807) is 0 Å². The lowest BCUT2D eigenvalue weighted by molar-refractivity contribution is -0.123. The standard InChI is InChI=1S/C19H20N2O/c22-19(18-10-14-8-4-5-9-15(14)12-20-18)21-17-11-16(17)13-6-2-1-3-7-13/h1-9,16-18,20H,10-12H2,(H,21,22). The zero-order valence-corrected chi connectivity index (χ0v) is 12.5. The number of hydrogen-bond donors (Lipinski definition) is 2. The van der Waals surface area contributed by atoms with Crippen molar-refractivity contribution in [1.29, 1.82) is 0 Å². The second kappa shape index (κ2) is 5.58. The van der Waals surface area contributed by atoms with Crippen molar-refractivity contribution in [3.63, 3.8) is 0 Å². The summed E-state index contributed by atoms with van der Waals surface area (Å²) in [4.78, 5) is 12.5. The average Bonchev–Trinajstić information content (AvgIpc) is 3.34. The molecule has 112 valence electrons. The van der Waals surface area contributed by atoms with Gasteiger partial charge in [-0.15, -0.1) is 0 Å². The van der Waals surface area contributed by atoms with Crippen LogP contribution in [0.3, 0.4) is 0 Å². The summed E-state index contributed by atoms with van der Waals surface area (Å²) in [7, 11) is 0. The van der Waals surface area contributed by atoms with E-state index in [1.807, 2.05) is 12.1 Å². The van der Waals surface area contributed by atoms with Gasteiger partial charge in [0.1, 0.15) is 0 Å². The molecule has 4 rings (SSSR count). The van der Waals surface area contributed by atoms with Gasteiger partial charge in [0, 0.05) is 18.5 Å². The summed E-state index contributed by atoms with van der Waals surface area (Å²) >= 11 is 0. The molecule has 22 heavy (non-hydrogen) atoms. The molecule has 3 heteroatoms. The van der Waals surface area contributed by atoms with Crippen LogP contribution in [0.2, 0.25) is 0 Å². The van der Waals surface area contributed by atoms with E-state index in [4.69, 9.17) is 0 Å². The number of benzene rings is 2. The Hall–Kier alpha value is -2.13. The van der Waals surface area contributed by atoms with Gasteiger partial charge in [0.15, 0.2) is 0 Å². The molecule has 0 radical (unpaired) electrons. The Morgan fingerprint density at radius 1 is 1.00 bits per heavy atom. The molecule has 1 aliphatic heterocycles. The van der Waals surface area contributed by atoms with Gasteiger partial charge in [0.25, 0.3) is 0 Å². The number of fused-ring (bicyclic) bond motifs is 1. The van der Waals surface area contributed by atoms with Gasteiger partial charge in [-0.3, -0.25) is 4.79 Å². The Balaban J connectivity index is 1.37. The van der Waals surface area contributed by atoms with Crippen LogP contribution in [0.25, 0.3) is 0 Å². The van der Waals surface area contributed by atoms with Gasteiger partial charge in [-0.05, 0) is 29.5 Å². The number of amides is 1. The molecule has 1 aliphatic carbocycles. The van der Waals surface area contributed by atoms with Gasteiger partial charge in [-0.1, -0.05) is 54.6 Å². The predicted octanol–water partition coefficient (Wildman–Crippen LogP) is 2.37. The van der Waals surface area contributed by atoms with Crippen LogP contribution in [0.4, 0.5) is 0 Å². The molecule has 2 N–H and O–H groups in total. The Kier molecular flexibility index (Phi) is 3.43. The summed E-state index contributed by atoms with van der Waals surface area (Å²) < 4.78 is 0. The van der Waals surface area contributed by atoms with Gasteiger partial charge >= 0.3 is 0 Å². The zero-order valence-electron chi connectivity index (χ0n) is 12.5. The summed E-state index contributed by atoms with van der Waals surface area (Å²) in [5.41, 5.74) is 3.92. The first-order valence-corrected chi connectivity index (χ1v) is 7.97. The summed E-state index contributed by atoms with van der Waals surface area (Å²) in [5, 5.41) is 6.55.